The number of aromatic nitrogens is 3. The van der Waals surface area contributed by atoms with E-state index >= 15 is 0 Å². The van der Waals surface area contributed by atoms with E-state index in [9.17, 15) is 0 Å². The van der Waals surface area contributed by atoms with E-state index in [0.717, 1.165) is 24.7 Å². The van der Waals surface area contributed by atoms with Crippen molar-refractivity contribution < 1.29 is 0 Å². The maximum atomic E-state index is 4.85. The number of aryl methyl sites for hydroxylation is 2. The molecule has 0 amide bonds. The fraction of sp³-hybridized carbons (Fsp3) is 0.571. The molecule has 1 aromatic heterocycles. The number of benzene rings is 1. The molecule has 1 aromatic carbocycles. The second-order valence-electron chi connectivity index (χ2n) is 7.37. The highest BCUT2D eigenvalue weighted by Gasteiger charge is 2.18. The number of rotatable bonds is 7. The van der Waals surface area contributed by atoms with Crippen molar-refractivity contribution in [2.75, 3.05) is 6.54 Å². The molecular weight excluding hydrogens is 463 g/mol. The Hall–Kier alpha value is -1.64. The summed E-state index contributed by atoms with van der Waals surface area (Å²) < 4.78 is 2.08. The first-order chi connectivity index (χ1) is 13.2. The first kappa shape index (κ1) is 22.6. The van der Waals surface area contributed by atoms with Gasteiger partial charge in [-0.1, -0.05) is 44.0 Å². The van der Waals surface area contributed by atoms with Crippen LogP contribution in [0.4, 0.5) is 0 Å². The highest BCUT2D eigenvalue weighted by Crippen LogP contribution is 2.19. The highest BCUT2D eigenvalue weighted by atomic mass is 127. The minimum atomic E-state index is 0. The number of guanidine groups is 1. The number of halogens is 1. The van der Waals surface area contributed by atoms with Crippen LogP contribution in [0.5, 0.6) is 0 Å². The number of nitrogens with one attached hydrogen (secondary N) is 2. The van der Waals surface area contributed by atoms with Gasteiger partial charge in [-0.2, -0.15) is 0 Å². The number of aliphatic imine (C=N–C) groups is 1. The molecule has 2 N–H and O–H groups in total. The molecule has 154 valence electrons. The van der Waals surface area contributed by atoms with Crippen LogP contribution >= 0.6 is 24.0 Å². The van der Waals surface area contributed by atoms with E-state index in [0.29, 0.717) is 12.6 Å². The zero-order valence-electron chi connectivity index (χ0n) is 17.2. The average Bonchev–Trinajstić information content (AvgIpc) is 3.33. The Morgan fingerprint density at radius 3 is 2.75 bits per heavy atom. The third-order valence-corrected chi connectivity index (χ3v) is 5.33. The molecule has 0 saturated heterocycles. The predicted molar refractivity (Wildman–Crippen MR) is 125 cm³/mol. The first-order valence-electron chi connectivity index (χ1n) is 10.2. The van der Waals surface area contributed by atoms with Gasteiger partial charge < -0.3 is 15.2 Å². The molecule has 2 aromatic rings. The van der Waals surface area contributed by atoms with Crippen LogP contribution in [0.25, 0.3) is 0 Å². The lowest BCUT2D eigenvalue weighted by molar-refractivity contribution is 0.588. The molecule has 0 aliphatic heterocycles. The van der Waals surface area contributed by atoms with E-state index in [1.807, 2.05) is 0 Å². The molecule has 7 heteroatoms. The molecule has 6 nitrogen and oxygen atoms in total. The number of hydrogen-bond acceptors (Lipinski definition) is 3. The van der Waals surface area contributed by atoms with Crippen molar-refractivity contribution >= 4 is 29.9 Å². The van der Waals surface area contributed by atoms with Crippen LogP contribution in [0.1, 0.15) is 62.5 Å². The van der Waals surface area contributed by atoms with Gasteiger partial charge in [0.05, 0.1) is 12.6 Å². The number of nitrogens with zero attached hydrogens (tertiary/aromatic N) is 4. The summed E-state index contributed by atoms with van der Waals surface area (Å²) in [5, 5.41) is 15.4. The van der Waals surface area contributed by atoms with Gasteiger partial charge in [-0.3, -0.25) is 4.99 Å². The van der Waals surface area contributed by atoms with Gasteiger partial charge in [0.1, 0.15) is 12.2 Å². The Labute approximate surface area is 185 Å². The van der Waals surface area contributed by atoms with E-state index in [-0.39, 0.29) is 30.0 Å². The fourth-order valence-corrected chi connectivity index (χ4v) is 3.76. The van der Waals surface area contributed by atoms with E-state index in [4.69, 9.17) is 4.99 Å². The van der Waals surface area contributed by atoms with Gasteiger partial charge in [0, 0.05) is 19.0 Å². The summed E-state index contributed by atoms with van der Waals surface area (Å²) in [6.45, 7) is 7.96. The minimum Gasteiger partial charge on any atom is -0.354 e. The van der Waals surface area contributed by atoms with Gasteiger partial charge in [-0.25, -0.2) is 0 Å². The summed E-state index contributed by atoms with van der Waals surface area (Å²) in [4.78, 5) is 4.85. The van der Waals surface area contributed by atoms with Gasteiger partial charge in [-0.05, 0) is 37.8 Å². The summed E-state index contributed by atoms with van der Waals surface area (Å²) in [5.74, 6) is 1.92. The minimum absolute atomic E-state index is 0. The molecule has 1 saturated carbocycles. The van der Waals surface area contributed by atoms with Crippen molar-refractivity contribution in [1.29, 1.82) is 0 Å². The second-order valence-corrected chi connectivity index (χ2v) is 7.37. The van der Waals surface area contributed by atoms with Crippen molar-refractivity contribution in [3.8, 4) is 0 Å². The zero-order valence-corrected chi connectivity index (χ0v) is 19.5. The van der Waals surface area contributed by atoms with Crippen LogP contribution in [0.3, 0.4) is 0 Å². The molecule has 0 spiro atoms. The van der Waals surface area contributed by atoms with Crippen LogP contribution in [-0.2, 0) is 13.0 Å². The topological polar surface area (TPSA) is 67.1 Å². The molecule has 1 unspecified atom stereocenters. The fourth-order valence-electron chi connectivity index (χ4n) is 3.76. The van der Waals surface area contributed by atoms with E-state index < -0.39 is 0 Å². The molecule has 28 heavy (non-hydrogen) atoms. The largest absolute Gasteiger partial charge is 0.354 e. The van der Waals surface area contributed by atoms with Gasteiger partial charge in [-0.15, -0.1) is 34.2 Å². The Morgan fingerprint density at radius 2 is 2.04 bits per heavy atom. The monoisotopic (exact) mass is 496 g/mol. The molecular formula is C21H33IN6. The lowest BCUT2D eigenvalue weighted by Crippen LogP contribution is -2.43. The lowest BCUT2D eigenvalue weighted by atomic mass is 10.0. The van der Waals surface area contributed by atoms with Crippen molar-refractivity contribution in [2.24, 2.45) is 4.99 Å². The van der Waals surface area contributed by atoms with Crippen LogP contribution in [-0.4, -0.2) is 33.3 Å². The summed E-state index contributed by atoms with van der Waals surface area (Å²) >= 11 is 0. The lowest BCUT2D eigenvalue weighted by Gasteiger charge is -2.22. The summed E-state index contributed by atoms with van der Waals surface area (Å²) in [6, 6.07) is 9.26. The molecule has 1 aliphatic rings. The van der Waals surface area contributed by atoms with E-state index in [2.05, 4.69) is 70.4 Å². The quantitative estimate of drug-likeness (QED) is 0.346. The Bertz CT molecular complexity index is 751. The summed E-state index contributed by atoms with van der Waals surface area (Å²) in [5.41, 5.74) is 2.61. The maximum Gasteiger partial charge on any atom is 0.192 e. The molecule has 0 bridgehead atoms. The number of hydrogen-bond donors (Lipinski definition) is 2. The summed E-state index contributed by atoms with van der Waals surface area (Å²) in [6.07, 6.45) is 7.74. The molecule has 1 aliphatic carbocycles. The Kier molecular flexibility index (Phi) is 9.21. The predicted octanol–water partition coefficient (Wildman–Crippen LogP) is 4.01. The van der Waals surface area contributed by atoms with Crippen LogP contribution in [0.15, 0.2) is 35.6 Å². The van der Waals surface area contributed by atoms with Crippen molar-refractivity contribution in [2.45, 2.75) is 71.5 Å². The zero-order chi connectivity index (χ0) is 19.1. The third kappa shape index (κ3) is 6.18. The van der Waals surface area contributed by atoms with Crippen molar-refractivity contribution in [3.63, 3.8) is 0 Å². The van der Waals surface area contributed by atoms with Gasteiger partial charge >= 0.3 is 0 Å². The third-order valence-electron chi connectivity index (χ3n) is 5.33. The van der Waals surface area contributed by atoms with E-state index in [1.54, 1.807) is 6.33 Å². The van der Waals surface area contributed by atoms with Crippen LogP contribution in [0, 0.1) is 6.92 Å². The molecule has 3 rings (SSSR count). The molecule has 1 heterocycles. The average molecular weight is 496 g/mol. The van der Waals surface area contributed by atoms with Gasteiger partial charge in [0.2, 0.25) is 0 Å². The smallest absolute Gasteiger partial charge is 0.192 e. The van der Waals surface area contributed by atoms with E-state index in [1.165, 1.54) is 36.8 Å². The van der Waals surface area contributed by atoms with Crippen molar-refractivity contribution in [3.05, 3.63) is 47.5 Å². The standard InChI is InChI=1S/C21H32N6.HI/c1-4-20-26-23-15-27(20)14-13-22-21(25-18-10-6-7-11-18)24-17(3)19-12-8-5-9-16(19)2;/h5,8-9,12,15,17-18H,4,6-7,10-11,13-14H2,1-3H3,(H2,22,24,25);1H. The van der Waals surface area contributed by atoms with Crippen LogP contribution in [0.2, 0.25) is 0 Å². The van der Waals surface area contributed by atoms with Gasteiger partial charge in [0.25, 0.3) is 0 Å². The van der Waals surface area contributed by atoms with Gasteiger partial charge in [0.15, 0.2) is 5.96 Å². The Morgan fingerprint density at radius 1 is 1.29 bits per heavy atom. The Balaban J connectivity index is 0.00000280. The maximum absolute atomic E-state index is 4.85. The second kappa shape index (κ2) is 11.4. The molecule has 1 fully saturated rings. The first-order valence-corrected chi connectivity index (χ1v) is 10.2. The molecule has 1 atom stereocenters. The SMILES string of the molecule is CCc1nncn1CCN=C(NC1CCCC1)NC(C)c1ccccc1C.I. The molecule has 0 radical (unpaired) electrons. The summed E-state index contributed by atoms with van der Waals surface area (Å²) in [7, 11) is 0. The normalized spacial score (nSPS) is 15.9. The van der Waals surface area contributed by atoms with Crippen LogP contribution < -0.4 is 10.6 Å². The van der Waals surface area contributed by atoms with Crippen molar-refractivity contribution in [1.82, 2.24) is 25.4 Å². The highest BCUT2D eigenvalue weighted by molar-refractivity contribution is 14.0.